The molecule has 0 aromatic rings. The van der Waals surface area contributed by atoms with Gasteiger partial charge in [0.25, 0.3) is 6.47 Å². The summed E-state index contributed by atoms with van der Waals surface area (Å²) in [7, 11) is 0. The van der Waals surface area contributed by atoms with Crippen LogP contribution in [0.5, 0.6) is 0 Å². The fourth-order valence-electron chi connectivity index (χ4n) is 4.17. The lowest BCUT2D eigenvalue weighted by Crippen LogP contribution is -2.38. The summed E-state index contributed by atoms with van der Waals surface area (Å²) in [4.78, 5) is 39.1. The highest BCUT2D eigenvalue weighted by Crippen LogP contribution is 2.16. The van der Waals surface area contributed by atoms with Gasteiger partial charge in [-0.1, -0.05) is 0 Å². The number of carbonyl (C=O) groups is 3. The standard InChI is InChI=1S/C19H33N3O3.CH2O2/c23-18-5-1-2-9-21(18)10-3-6-19(24)22-11-4-8-20(12-13-22)15-17-7-14-25-16-17;2-1-3/h17H,1-16H2;1H,(H,2,3). The summed E-state index contributed by atoms with van der Waals surface area (Å²) >= 11 is 0. The zero-order valence-electron chi connectivity index (χ0n) is 16.9. The van der Waals surface area contributed by atoms with E-state index in [0.717, 1.165) is 84.7 Å². The number of hydrogen-bond acceptors (Lipinski definition) is 5. The molecule has 3 rings (SSSR count). The largest absolute Gasteiger partial charge is 0.483 e. The maximum Gasteiger partial charge on any atom is 0.290 e. The summed E-state index contributed by atoms with van der Waals surface area (Å²) in [5, 5.41) is 6.89. The fourth-order valence-corrected chi connectivity index (χ4v) is 4.17. The van der Waals surface area contributed by atoms with E-state index in [1.165, 1.54) is 6.42 Å². The van der Waals surface area contributed by atoms with Crippen molar-refractivity contribution in [2.75, 3.05) is 59.0 Å². The van der Waals surface area contributed by atoms with Crippen LogP contribution in [0.4, 0.5) is 0 Å². The molecule has 1 unspecified atom stereocenters. The van der Waals surface area contributed by atoms with Crippen LogP contribution in [0.1, 0.15) is 44.9 Å². The molecule has 3 heterocycles. The average molecular weight is 398 g/mol. The first-order valence-corrected chi connectivity index (χ1v) is 10.6. The monoisotopic (exact) mass is 397 g/mol. The van der Waals surface area contributed by atoms with Gasteiger partial charge in [-0.2, -0.15) is 0 Å². The van der Waals surface area contributed by atoms with E-state index in [4.69, 9.17) is 14.6 Å². The fraction of sp³-hybridized carbons (Fsp3) is 0.850. The second kappa shape index (κ2) is 12.7. The normalized spacial score (nSPS) is 23.7. The van der Waals surface area contributed by atoms with Crippen LogP contribution in [0.2, 0.25) is 0 Å². The third-order valence-corrected chi connectivity index (χ3v) is 5.72. The van der Waals surface area contributed by atoms with E-state index in [9.17, 15) is 9.59 Å². The van der Waals surface area contributed by atoms with Crippen molar-refractivity contribution in [2.24, 2.45) is 5.92 Å². The maximum atomic E-state index is 12.5. The number of hydrogen-bond donors (Lipinski definition) is 1. The Labute approximate surface area is 167 Å². The molecular formula is C20H35N3O5. The van der Waals surface area contributed by atoms with E-state index >= 15 is 0 Å². The van der Waals surface area contributed by atoms with Gasteiger partial charge < -0.3 is 24.5 Å². The Balaban J connectivity index is 0.000000878. The zero-order valence-corrected chi connectivity index (χ0v) is 16.9. The first-order chi connectivity index (χ1) is 13.6. The molecule has 0 aromatic carbocycles. The van der Waals surface area contributed by atoms with Gasteiger partial charge in [-0.25, -0.2) is 0 Å². The molecule has 1 atom stereocenters. The molecular weight excluding hydrogens is 362 g/mol. The SMILES string of the molecule is O=C1CCCCN1CCCC(=O)N1CCCN(CC2CCOC2)CC1.O=CO. The number of carboxylic acid groups (broad SMARTS) is 1. The van der Waals surface area contributed by atoms with E-state index in [1.807, 2.05) is 9.80 Å². The van der Waals surface area contributed by atoms with Gasteiger partial charge in [0.1, 0.15) is 0 Å². The summed E-state index contributed by atoms with van der Waals surface area (Å²) in [5.41, 5.74) is 0. The molecule has 3 fully saturated rings. The Bertz CT molecular complexity index is 496. The van der Waals surface area contributed by atoms with Crippen molar-refractivity contribution in [3.05, 3.63) is 0 Å². The van der Waals surface area contributed by atoms with Crippen molar-refractivity contribution in [2.45, 2.75) is 44.9 Å². The smallest absolute Gasteiger partial charge is 0.290 e. The Hall–Kier alpha value is -1.67. The molecule has 0 radical (unpaired) electrons. The van der Waals surface area contributed by atoms with Gasteiger partial charge in [0.15, 0.2) is 0 Å². The van der Waals surface area contributed by atoms with Crippen molar-refractivity contribution < 1.29 is 24.2 Å². The van der Waals surface area contributed by atoms with Gasteiger partial charge >= 0.3 is 0 Å². The van der Waals surface area contributed by atoms with Crippen LogP contribution < -0.4 is 0 Å². The van der Waals surface area contributed by atoms with E-state index < -0.39 is 0 Å². The van der Waals surface area contributed by atoms with E-state index in [2.05, 4.69) is 4.90 Å². The van der Waals surface area contributed by atoms with Gasteiger partial charge in [0.05, 0.1) is 6.61 Å². The summed E-state index contributed by atoms with van der Waals surface area (Å²) in [5.74, 6) is 1.19. The van der Waals surface area contributed by atoms with E-state index in [1.54, 1.807) is 0 Å². The zero-order chi connectivity index (χ0) is 20.2. The molecule has 2 amide bonds. The molecule has 0 spiro atoms. The van der Waals surface area contributed by atoms with Gasteiger partial charge in [0, 0.05) is 58.7 Å². The molecule has 1 N–H and O–H groups in total. The van der Waals surface area contributed by atoms with Crippen molar-refractivity contribution in [1.29, 1.82) is 0 Å². The average Bonchev–Trinajstić information content (AvgIpc) is 3.08. The number of likely N-dealkylation sites (tertiary alicyclic amines) is 1. The predicted octanol–water partition coefficient (Wildman–Crippen LogP) is 1.05. The number of amides is 2. The first kappa shape index (κ1) is 22.6. The minimum atomic E-state index is -0.250. The second-order valence-electron chi connectivity index (χ2n) is 7.81. The molecule has 160 valence electrons. The lowest BCUT2D eigenvalue weighted by Gasteiger charge is -2.27. The minimum absolute atomic E-state index is 0.250. The molecule has 0 aromatic heterocycles. The number of piperidine rings is 1. The van der Waals surface area contributed by atoms with Gasteiger partial charge in [0.2, 0.25) is 11.8 Å². The maximum absolute atomic E-state index is 12.5. The summed E-state index contributed by atoms with van der Waals surface area (Å²) in [6.07, 6.45) is 6.41. The molecule has 0 bridgehead atoms. The predicted molar refractivity (Wildman–Crippen MR) is 105 cm³/mol. The van der Waals surface area contributed by atoms with Gasteiger partial charge in [-0.15, -0.1) is 0 Å². The molecule has 3 aliphatic heterocycles. The summed E-state index contributed by atoms with van der Waals surface area (Å²) < 4.78 is 5.47. The highest BCUT2D eigenvalue weighted by Gasteiger charge is 2.23. The van der Waals surface area contributed by atoms with E-state index in [0.29, 0.717) is 18.8 Å². The minimum Gasteiger partial charge on any atom is -0.483 e. The summed E-state index contributed by atoms with van der Waals surface area (Å²) in [6.45, 7) is 8.06. The Kier molecular flexibility index (Phi) is 10.3. The van der Waals surface area contributed by atoms with Gasteiger partial charge in [-0.05, 0) is 44.6 Å². The second-order valence-corrected chi connectivity index (χ2v) is 7.81. The number of nitrogens with zero attached hydrogens (tertiary/aromatic N) is 3. The van der Waals surface area contributed by atoms with Crippen LogP contribution in [-0.2, 0) is 19.1 Å². The molecule has 3 saturated heterocycles. The molecule has 28 heavy (non-hydrogen) atoms. The molecule has 0 saturated carbocycles. The lowest BCUT2D eigenvalue weighted by molar-refractivity contribution is -0.135. The highest BCUT2D eigenvalue weighted by molar-refractivity contribution is 5.77. The van der Waals surface area contributed by atoms with Crippen LogP contribution in [0.3, 0.4) is 0 Å². The molecule has 0 aliphatic carbocycles. The van der Waals surface area contributed by atoms with Crippen molar-refractivity contribution in [3.8, 4) is 0 Å². The highest BCUT2D eigenvalue weighted by atomic mass is 16.5. The molecule has 8 nitrogen and oxygen atoms in total. The lowest BCUT2D eigenvalue weighted by atomic mass is 10.1. The van der Waals surface area contributed by atoms with Gasteiger partial charge in [-0.3, -0.25) is 14.4 Å². The van der Waals surface area contributed by atoms with Crippen LogP contribution >= 0.6 is 0 Å². The first-order valence-electron chi connectivity index (χ1n) is 10.6. The summed E-state index contributed by atoms with van der Waals surface area (Å²) in [6, 6.07) is 0. The topological polar surface area (TPSA) is 90.4 Å². The third kappa shape index (κ3) is 7.75. The van der Waals surface area contributed by atoms with Crippen molar-refractivity contribution >= 4 is 18.3 Å². The van der Waals surface area contributed by atoms with Crippen LogP contribution in [0.25, 0.3) is 0 Å². The third-order valence-electron chi connectivity index (χ3n) is 5.72. The Morgan fingerprint density at radius 3 is 2.68 bits per heavy atom. The number of ether oxygens (including phenoxy) is 1. The van der Waals surface area contributed by atoms with Crippen molar-refractivity contribution in [3.63, 3.8) is 0 Å². The molecule has 3 aliphatic rings. The molecule has 8 heteroatoms. The Morgan fingerprint density at radius 1 is 1.14 bits per heavy atom. The van der Waals surface area contributed by atoms with E-state index in [-0.39, 0.29) is 18.3 Å². The number of rotatable bonds is 6. The van der Waals surface area contributed by atoms with Crippen LogP contribution in [-0.4, -0.2) is 97.1 Å². The van der Waals surface area contributed by atoms with Crippen molar-refractivity contribution in [1.82, 2.24) is 14.7 Å². The number of carbonyl (C=O) groups excluding carboxylic acids is 2. The quantitative estimate of drug-likeness (QED) is 0.674. The van der Waals surface area contributed by atoms with Crippen LogP contribution in [0, 0.1) is 5.92 Å². The van der Waals surface area contributed by atoms with Crippen LogP contribution in [0.15, 0.2) is 0 Å². The Morgan fingerprint density at radius 2 is 1.96 bits per heavy atom.